The molecule has 0 saturated carbocycles. The maximum Gasteiger partial charge on any atom is 0.491 e. The largest absolute Gasteiger partial charge is 0.491 e. The van der Waals surface area contributed by atoms with Crippen molar-refractivity contribution in [2.45, 2.75) is 13.1 Å². The van der Waals surface area contributed by atoms with Gasteiger partial charge in [-0.3, -0.25) is 0 Å². The SMILES string of the molecule is CC=C=COC(=O)C(F)(F)F. The fraction of sp³-hybridized carbons (Fsp3) is 0.333. The Morgan fingerprint density at radius 1 is 1.55 bits per heavy atom. The molecule has 0 aliphatic heterocycles. The Balaban J connectivity index is 4.00. The molecule has 0 bridgehead atoms. The van der Waals surface area contributed by atoms with E-state index < -0.39 is 12.1 Å². The first-order valence-electron chi connectivity index (χ1n) is 2.62. The number of allylic oxidation sites excluding steroid dienone is 1. The molecule has 0 heterocycles. The maximum absolute atomic E-state index is 11.3. The van der Waals surface area contributed by atoms with Gasteiger partial charge in [-0.1, -0.05) is 5.73 Å². The van der Waals surface area contributed by atoms with E-state index in [4.69, 9.17) is 0 Å². The van der Waals surface area contributed by atoms with Crippen molar-refractivity contribution < 1.29 is 22.7 Å². The van der Waals surface area contributed by atoms with Crippen molar-refractivity contribution in [3.8, 4) is 0 Å². The van der Waals surface area contributed by atoms with Gasteiger partial charge in [0, 0.05) is 0 Å². The molecule has 11 heavy (non-hydrogen) atoms. The van der Waals surface area contributed by atoms with Gasteiger partial charge in [-0.15, -0.1) is 0 Å². The van der Waals surface area contributed by atoms with Crippen molar-refractivity contribution in [1.29, 1.82) is 0 Å². The van der Waals surface area contributed by atoms with E-state index in [1.807, 2.05) is 0 Å². The van der Waals surface area contributed by atoms with Gasteiger partial charge in [0.15, 0.2) is 0 Å². The summed E-state index contributed by atoms with van der Waals surface area (Å²) in [6, 6.07) is 0. The van der Waals surface area contributed by atoms with Crippen LogP contribution in [0.2, 0.25) is 0 Å². The molecular formula is C6H5F3O2. The Kier molecular flexibility index (Phi) is 3.40. The molecule has 0 aromatic heterocycles. The summed E-state index contributed by atoms with van der Waals surface area (Å²) in [5, 5.41) is 0. The van der Waals surface area contributed by atoms with Crippen LogP contribution in [0.5, 0.6) is 0 Å². The van der Waals surface area contributed by atoms with Crippen LogP contribution in [0.3, 0.4) is 0 Å². The van der Waals surface area contributed by atoms with Crippen LogP contribution in [-0.4, -0.2) is 12.1 Å². The lowest BCUT2D eigenvalue weighted by Crippen LogP contribution is -2.23. The average molecular weight is 166 g/mol. The summed E-state index contributed by atoms with van der Waals surface area (Å²) in [5.74, 6) is -2.24. The Morgan fingerprint density at radius 2 is 2.09 bits per heavy atom. The van der Waals surface area contributed by atoms with Crippen LogP contribution in [0.4, 0.5) is 13.2 Å². The fourth-order valence-corrected chi connectivity index (χ4v) is 0.222. The molecule has 0 amide bonds. The van der Waals surface area contributed by atoms with E-state index in [9.17, 15) is 18.0 Å². The predicted octanol–water partition coefficient (Wildman–Crippen LogP) is 1.78. The summed E-state index contributed by atoms with van der Waals surface area (Å²) in [6.45, 7) is 1.53. The third-order valence-electron chi connectivity index (χ3n) is 0.632. The highest BCUT2D eigenvalue weighted by Gasteiger charge is 2.40. The topological polar surface area (TPSA) is 26.3 Å². The minimum atomic E-state index is -4.94. The van der Waals surface area contributed by atoms with Crippen LogP contribution in [-0.2, 0) is 9.53 Å². The van der Waals surface area contributed by atoms with Gasteiger partial charge < -0.3 is 4.74 Å². The highest BCUT2D eigenvalue weighted by Crippen LogP contribution is 2.16. The predicted molar refractivity (Wildman–Crippen MR) is 30.5 cm³/mol. The Morgan fingerprint density at radius 3 is 2.45 bits per heavy atom. The molecular weight excluding hydrogens is 161 g/mol. The highest BCUT2D eigenvalue weighted by atomic mass is 19.4. The molecule has 0 N–H and O–H groups in total. The molecule has 62 valence electrons. The van der Waals surface area contributed by atoms with Crippen LogP contribution < -0.4 is 0 Å². The van der Waals surface area contributed by atoms with E-state index in [2.05, 4.69) is 10.5 Å². The molecule has 0 aliphatic rings. The van der Waals surface area contributed by atoms with E-state index in [0.717, 1.165) is 0 Å². The Labute approximate surface area is 61.0 Å². The molecule has 0 radical (unpaired) electrons. The first kappa shape index (κ1) is 9.78. The molecule has 0 aromatic rings. The van der Waals surface area contributed by atoms with Crippen molar-refractivity contribution in [3.63, 3.8) is 0 Å². The normalized spacial score (nSPS) is 9.82. The lowest BCUT2D eigenvalue weighted by atomic mass is 10.6. The summed E-state index contributed by atoms with van der Waals surface area (Å²) in [5.41, 5.74) is 2.16. The summed E-state index contributed by atoms with van der Waals surface area (Å²) < 4.78 is 37.6. The van der Waals surface area contributed by atoms with Gasteiger partial charge in [-0.25, -0.2) is 4.79 Å². The van der Waals surface area contributed by atoms with Crippen molar-refractivity contribution >= 4 is 5.97 Å². The van der Waals surface area contributed by atoms with Crippen molar-refractivity contribution in [2.24, 2.45) is 0 Å². The Bertz CT molecular complexity index is 198. The van der Waals surface area contributed by atoms with Crippen LogP contribution in [0.15, 0.2) is 18.1 Å². The number of alkyl halides is 3. The number of hydrogen-bond donors (Lipinski definition) is 0. The van der Waals surface area contributed by atoms with Gasteiger partial charge in [0.2, 0.25) is 0 Å². The molecule has 5 heteroatoms. The monoisotopic (exact) mass is 166 g/mol. The van der Waals surface area contributed by atoms with Crippen LogP contribution in [0.25, 0.3) is 0 Å². The average Bonchev–Trinajstić information content (AvgIpc) is 1.86. The summed E-state index contributed by atoms with van der Waals surface area (Å²) in [6.07, 6.45) is -3.08. The first-order chi connectivity index (χ1) is 4.98. The second kappa shape index (κ2) is 3.83. The van der Waals surface area contributed by atoms with Crippen LogP contribution in [0.1, 0.15) is 6.92 Å². The summed E-state index contributed by atoms with van der Waals surface area (Å²) in [7, 11) is 0. The van der Waals surface area contributed by atoms with Crippen LogP contribution >= 0.6 is 0 Å². The zero-order chi connectivity index (χ0) is 8.91. The smallest absolute Gasteiger partial charge is 0.419 e. The second-order valence-corrected chi connectivity index (χ2v) is 1.48. The third kappa shape index (κ3) is 4.22. The fourth-order valence-electron chi connectivity index (χ4n) is 0.222. The van der Waals surface area contributed by atoms with E-state index in [1.165, 1.54) is 13.0 Å². The number of hydrogen-bond acceptors (Lipinski definition) is 2. The van der Waals surface area contributed by atoms with E-state index >= 15 is 0 Å². The molecule has 0 aromatic carbocycles. The molecule has 0 rings (SSSR count). The quantitative estimate of drug-likeness (QED) is 0.337. The minimum absolute atomic E-state index is 0.551. The number of carbonyl (C=O) groups excluding carboxylic acids is 1. The van der Waals surface area contributed by atoms with E-state index in [-0.39, 0.29) is 0 Å². The van der Waals surface area contributed by atoms with Gasteiger partial charge in [0.25, 0.3) is 0 Å². The van der Waals surface area contributed by atoms with Gasteiger partial charge in [0.1, 0.15) is 6.26 Å². The molecule has 0 saturated heterocycles. The third-order valence-corrected chi connectivity index (χ3v) is 0.632. The van der Waals surface area contributed by atoms with Crippen molar-refractivity contribution in [2.75, 3.05) is 0 Å². The number of ether oxygens (including phenoxy) is 1. The van der Waals surface area contributed by atoms with E-state index in [1.54, 1.807) is 0 Å². The van der Waals surface area contributed by atoms with Gasteiger partial charge in [0.05, 0.1) is 0 Å². The second-order valence-electron chi connectivity index (χ2n) is 1.48. The number of carbonyl (C=O) groups is 1. The van der Waals surface area contributed by atoms with Gasteiger partial charge in [-0.05, 0) is 13.0 Å². The number of halogens is 3. The lowest BCUT2D eigenvalue weighted by Gasteiger charge is -2.00. The molecule has 0 aliphatic carbocycles. The number of rotatable bonds is 1. The molecule has 0 unspecified atom stereocenters. The molecule has 2 nitrogen and oxygen atoms in total. The van der Waals surface area contributed by atoms with E-state index in [0.29, 0.717) is 6.26 Å². The first-order valence-corrected chi connectivity index (χ1v) is 2.62. The maximum atomic E-state index is 11.3. The molecule has 0 atom stereocenters. The summed E-state index contributed by atoms with van der Waals surface area (Å²) >= 11 is 0. The zero-order valence-electron chi connectivity index (χ0n) is 5.61. The van der Waals surface area contributed by atoms with Crippen LogP contribution in [0, 0.1) is 0 Å². The van der Waals surface area contributed by atoms with Gasteiger partial charge >= 0.3 is 12.1 Å². The number of esters is 1. The minimum Gasteiger partial charge on any atom is -0.419 e. The lowest BCUT2D eigenvalue weighted by molar-refractivity contribution is -0.193. The van der Waals surface area contributed by atoms with Gasteiger partial charge in [-0.2, -0.15) is 13.2 Å². The zero-order valence-corrected chi connectivity index (χ0v) is 5.61. The summed E-state index contributed by atoms with van der Waals surface area (Å²) in [4.78, 5) is 9.91. The van der Waals surface area contributed by atoms with Crippen molar-refractivity contribution in [1.82, 2.24) is 0 Å². The highest BCUT2D eigenvalue weighted by molar-refractivity contribution is 5.76. The Hall–Kier alpha value is -1.22. The standard InChI is InChI=1S/C6H5F3O2/c1-2-3-4-11-5(10)6(7,8)9/h2,4H,1H3. The molecule has 0 fully saturated rings. The van der Waals surface area contributed by atoms with Crippen molar-refractivity contribution in [3.05, 3.63) is 18.1 Å². The molecule has 0 spiro atoms.